The van der Waals surface area contributed by atoms with Crippen LogP contribution in [0.2, 0.25) is 0 Å². The topological polar surface area (TPSA) is 46.3 Å². The molecule has 0 saturated carbocycles. The third kappa shape index (κ3) is 4.84. The minimum atomic E-state index is 0.103. The van der Waals surface area contributed by atoms with Crippen LogP contribution in [0.4, 0.5) is 0 Å². The van der Waals surface area contributed by atoms with Crippen molar-refractivity contribution in [2.24, 2.45) is 5.73 Å². The second-order valence-corrected chi connectivity index (χ2v) is 4.88. The smallest absolute Gasteiger partial charge is 0.223 e. The molecule has 2 N–H and O–H groups in total. The summed E-state index contributed by atoms with van der Waals surface area (Å²) in [6.07, 6.45) is 1.26. The fourth-order valence-corrected chi connectivity index (χ4v) is 1.88. The number of hydrogen-bond donors (Lipinski definition) is 1. The zero-order valence-corrected chi connectivity index (χ0v) is 11.8. The maximum Gasteiger partial charge on any atom is 0.223 e. The van der Waals surface area contributed by atoms with Gasteiger partial charge in [-0.15, -0.1) is 0 Å². The summed E-state index contributed by atoms with van der Waals surface area (Å²) in [6, 6.07) is 8.25. The minimum Gasteiger partial charge on any atom is -0.392 e. The van der Waals surface area contributed by atoms with Crippen LogP contribution in [0.3, 0.4) is 0 Å². The van der Waals surface area contributed by atoms with Crippen molar-refractivity contribution in [3.05, 3.63) is 35.4 Å². The number of carbonyl (C=O) groups is 1. The lowest BCUT2D eigenvalue weighted by Gasteiger charge is -2.20. The average Bonchev–Trinajstić information content (AvgIpc) is 2.34. The molecule has 1 aromatic carbocycles. The number of carbonyl (C=O) groups excluding carboxylic acids is 1. The first-order chi connectivity index (χ1) is 8.52. The molecule has 0 heterocycles. The Kier molecular flexibility index (Phi) is 5.78. The fourth-order valence-electron chi connectivity index (χ4n) is 1.73. The summed E-state index contributed by atoms with van der Waals surface area (Å²) in [4.78, 5) is 14.0. The van der Waals surface area contributed by atoms with Gasteiger partial charge in [0.05, 0.1) is 11.5 Å². The van der Waals surface area contributed by atoms with Crippen LogP contribution in [0.5, 0.6) is 0 Å². The zero-order chi connectivity index (χ0) is 13.5. The fraction of sp³-hybridized carbons (Fsp3) is 0.429. The molecule has 0 atom stereocenters. The maximum absolute atomic E-state index is 12.0. The van der Waals surface area contributed by atoms with Crippen LogP contribution in [0.25, 0.3) is 0 Å². The number of amides is 1. The Morgan fingerprint density at radius 2 is 1.94 bits per heavy atom. The van der Waals surface area contributed by atoms with E-state index in [0.29, 0.717) is 24.5 Å². The molecule has 98 valence electrons. The van der Waals surface area contributed by atoms with Gasteiger partial charge in [0.15, 0.2) is 0 Å². The summed E-state index contributed by atoms with van der Waals surface area (Å²) in [6.45, 7) is 5.00. The molecule has 0 spiro atoms. The number of nitrogens with two attached hydrogens (primary N) is 1. The van der Waals surface area contributed by atoms with Gasteiger partial charge in [-0.25, -0.2) is 0 Å². The number of nitrogens with zero attached hydrogens (tertiary/aromatic N) is 1. The van der Waals surface area contributed by atoms with Crippen LogP contribution in [0.15, 0.2) is 24.3 Å². The van der Waals surface area contributed by atoms with Gasteiger partial charge in [-0.3, -0.25) is 4.79 Å². The zero-order valence-electron chi connectivity index (χ0n) is 11.0. The van der Waals surface area contributed by atoms with Gasteiger partial charge < -0.3 is 10.6 Å². The van der Waals surface area contributed by atoms with E-state index >= 15 is 0 Å². The number of thiocarbonyl (C=S) groups is 1. The lowest BCUT2D eigenvalue weighted by molar-refractivity contribution is -0.130. The molecule has 0 radical (unpaired) electrons. The number of aryl methyl sites for hydroxylation is 2. The number of benzene rings is 1. The first kappa shape index (κ1) is 14.6. The Balaban J connectivity index is 2.49. The van der Waals surface area contributed by atoms with E-state index < -0.39 is 0 Å². The van der Waals surface area contributed by atoms with Crippen molar-refractivity contribution in [3.8, 4) is 0 Å². The number of rotatable bonds is 6. The Labute approximate surface area is 114 Å². The van der Waals surface area contributed by atoms with E-state index in [2.05, 4.69) is 31.2 Å². The molecule has 3 nitrogen and oxygen atoms in total. The molecule has 0 unspecified atom stereocenters. The Hall–Kier alpha value is -1.42. The normalized spacial score (nSPS) is 10.1. The molecule has 1 amide bonds. The standard InChI is InChI=1S/C14H20N2OS/c1-3-16(10-13(15)18)14(17)9-8-12-6-4-11(2)5-7-12/h4-7H,3,8-10H2,1-2H3,(H2,15,18). The van der Waals surface area contributed by atoms with Gasteiger partial charge in [0, 0.05) is 13.0 Å². The van der Waals surface area contributed by atoms with Gasteiger partial charge in [0.25, 0.3) is 0 Å². The summed E-state index contributed by atoms with van der Waals surface area (Å²) >= 11 is 4.83. The average molecular weight is 264 g/mol. The van der Waals surface area contributed by atoms with E-state index in [1.165, 1.54) is 11.1 Å². The van der Waals surface area contributed by atoms with E-state index in [-0.39, 0.29) is 5.91 Å². The predicted molar refractivity (Wildman–Crippen MR) is 78.5 cm³/mol. The maximum atomic E-state index is 12.0. The van der Waals surface area contributed by atoms with E-state index in [1.807, 2.05) is 6.92 Å². The van der Waals surface area contributed by atoms with Crippen LogP contribution >= 0.6 is 12.2 Å². The van der Waals surface area contributed by atoms with Crippen molar-refractivity contribution in [1.29, 1.82) is 0 Å². The molecule has 0 saturated heterocycles. The Bertz CT molecular complexity index is 414. The van der Waals surface area contributed by atoms with Gasteiger partial charge in [-0.2, -0.15) is 0 Å². The van der Waals surface area contributed by atoms with Crippen molar-refractivity contribution in [3.63, 3.8) is 0 Å². The van der Waals surface area contributed by atoms with E-state index in [4.69, 9.17) is 18.0 Å². The molecule has 0 aromatic heterocycles. The molecule has 1 aromatic rings. The largest absolute Gasteiger partial charge is 0.392 e. The first-order valence-corrected chi connectivity index (χ1v) is 6.55. The van der Waals surface area contributed by atoms with Gasteiger partial charge in [-0.05, 0) is 25.8 Å². The van der Waals surface area contributed by atoms with Crippen LogP contribution in [-0.4, -0.2) is 28.9 Å². The third-order valence-electron chi connectivity index (χ3n) is 2.83. The van der Waals surface area contributed by atoms with E-state index in [0.717, 1.165) is 6.42 Å². The lowest BCUT2D eigenvalue weighted by atomic mass is 10.1. The highest BCUT2D eigenvalue weighted by Gasteiger charge is 2.12. The molecule has 0 bridgehead atoms. The highest BCUT2D eigenvalue weighted by atomic mass is 32.1. The van der Waals surface area contributed by atoms with Crippen molar-refractivity contribution in [2.45, 2.75) is 26.7 Å². The predicted octanol–water partition coefficient (Wildman–Crippen LogP) is 2.06. The molecular weight excluding hydrogens is 244 g/mol. The van der Waals surface area contributed by atoms with Gasteiger partial charge >= 0.3 is 0 Å². The molecule has 0 fully saturated rings. The van der Waals surface area contributed by atoms with Crippen LogP contribution in [-0.2, 0) is 11.2 Å². The highest BCUT2D eigenvalue weighted by Crippen LogP contribution is 2.07. The Morgan fingerprint density at radius 1 is 1.33 bits per heavy atom. The summed E-state index contributed by atoms with van der Waals surface area (Å²) in [5.41, 5.74) is 7.88. The second-order valence-electron chi connectivity index (χ2n) is 4.36. The molecule has 0 aliphatic heterocycles. The molecule has 0 aliphatic carbocycles. The monoisotopic (exact) mass is 264 g/mol. The van der Waals surface area contributed by atoms with E-state index in [9.17, 15) is 4.79 Å². The third-order valence-corrected chi connectivity index (χ3v) is 2.96. The molecule has 0 aliphatic rings. The van der Waals surface area contributed by atoms with Crippen LogP contribution < -0.4 is 5.73 Å². The minimum absolute atomic E-state index is 0.103. The van der Waals surface area contributed by atoms with Crippen molar-refractivity contribution < 1.29 is 4.79 Å². The lowest BCUT2D eigenvalue weighted by Crippen LogP contribution is -2.37. The summed E-state index contributed by atoms with van der Waals surface area (Å²) < 4.78 is 0. The number of hydrogen-bond acceptors (Lipinski definition) is 2. The van der Waals surface area contributed by atoms with Gasteiger partial charge in [-0.1, -0.05) is 42.0 Å². The quantitative estimate of drug-likeness (QED) is 0.800. The molecular formula is C14H20N2OS. The van der Waals surface area contributed by atoms with Gasteiger partial charge in [0.1, 0.15) is 0 Å². The number of likely N-dealkylation sites (N-methyl/N-ethyl adjacent to an activating group) is 1. The summed E-state index contributed by atoms with van der Waals surface area (Å²) in [5, 5.41) is 0. The van der Waals surface area contributed by atoms with Crippen LogP contribution in [0, 0.1) is 6.92 Å². The van der Waals surface area contributed by atoms with Gasteiger partial charge in [0.2, 0.25) is 5.91 Å². The Morgan fingerprint density at radius 3 is 2.44 bits per heavy atom. The molecule has 18 heavy (non-hydrogen) atoms. The summed E-state index contributed by atoms with van der Waals surface area (Å²) in [5.74, 6) is 0.103. The SMILES string of the molecule is CCN(CC(N)=S)C(=O)CCc1ccc(C)cc1. The van der Waals surface area contributed by atoms with E-state index in [1.54, 1.807) is 4.90 Å². The molecule has 4 heteroatoms. The van der Waals surface area contributed by atoms with Crippen molar-refractivity contribution >= 4 is 23.1 Å². The second kappa shape index (κ2) is 7.11. The molecule has 1 rings (SSSR count). The highest BCUT2D eigenvalue weighted by molar-refractivity contribution is 7.80. The first-order valence-electron chi connectivity index (χ1n) is 6.14. The van der Waals surface area contributed by atoms with Crippen molar-refractivity contribution in [2.75, 3.05) is 13.1 Å². The van der Waals surface area contributed by atoms with Crippen molar-refractivity contribution in [1.82, 2.24) is 4.90 Å². The summed E-state index contributed by atoms with van der Waals surface area (Å²) in [7, 11) is 0. The van der Waals surface area contributed by atoms with Crippen LogP contribution in [0.1, 0.15) is 24.5 Å².